The molecule has 5 rings (SSSR count). The summed E-state index contributed by atoms with van der Waals surface area (Å²) in [6.45, 7) is 0. The van der Waals surface area contributed by atoms with Crippen LogP contribution in [-0.4, -0.2) is 23.8 Å². The van der Waals surface area contributed by atoms with Crippen molar-refractivity contribution in [1.82, 2.24) is 4.90 Å². The van der Waals surface area contributed by atoms with Gasteiger partial charge in [0.15, 0.2) is 11.5 Å². The number of fused-ring (bicyclic) bond motifs is 2. The summed E-state index contributed by atoms with van der Waals surface area (Å²) in [4.78, 5) is 20.5. The van der Waals surface area contributed by atoms with Crippen molar-refractivity contribution in [1.29, 1.82) is 5.26 Å². The van der Waals surface area contributed by atoms with E-state index in [1.165, 1.54) is 4.90 Å². The van der Waals surface area contributed by atoms with Gasteiger partial charge in [-0.25, -0.2) is 4.99 Å². The molecule has 0 unspecified atom stereocenters. The van der Waals surface area contributed by atoms with Gasteiger partial charge < -0.3 is 10.5 Å². The summed E-state index contributed by atoms with van der Waals surface area (Å²) in [5.74, 6) is 0.670. The zero-order valence-corrected chi connectivity index (χ0v) is 17.0. The van der Waals surface area contributed by atoms with Gasteiger partial charge in [0, 0.05) is 23.9 Å². The Hall–Kier alpha value is -3.63. The molecule has 3 heterocycles. The third kappa shape index (κ3) is 2.69. The lowest BCUT2D eigenvalue weighted by Gasteiger charge is -2.36. The Labute approximate surface area is 177 Å². The van der Waals surface area contributed by atoms with Crippen molar-refractivity contribution in [3.8, 4) is 22.9 Å². The fourth-order valence-electron chi connectivity index (χ4n) is 4.12. The maximum Gasteiger partial charge on any atom is 0.261 e. The van der Waals surface area contributed by atoms with E-state index in [-0.39, 0.29) is 18.0 Å². The van der Waals surface area contributed by atoms with E-state index in [1.54, 1.807) is 24.5 Å². The summed E-state index contributed by atoms with van der Waals surface area (Å²) >= 11 is 1.59. The van der Waals surface area contributed by atoms with E-state index in [2.05, 4.69) is 11.1 Å². The number of guanidine groups is 1. The molecule has 0 radical (unpaired) electrons. The molecular weight excluding hydrogens is 396 g/mol. The minimum absolute atomic E-state index is 0.158. The number of nitrogens with two attached hydrogens (primary N) is 1. The predicted molar refractivity (Wildman–Crippen MR) is 115 cm³/mol. The van der Waals surface area contributed by atoms with E-state index in [1.807, 2.05) is 53.9 Å². The van der Waals surface area contributed by atoms with Crippen LogP contribution in [0.25, 0.3) is 11.1 Å². The van der Waals surface area contributed by atoms with Crippen molar-refractivity contribution in [2.24, 2.45) is 10.7 Å². The Kier molecular flexibility index (Phi) is 4.12. The third-order valence-corrected chi connectivity index (χ3v) is 6.63. The van der Waals surface area contributed by atoms with E-state index in [0.29, 0.717) is 23.3 Å². The molecule has 3 aromatic rings. The fraction of sp³-hybridized carbons (Fsp3) is 0.174. The van der Waals surface area contributed by atoms with Crippen LogP contribution in [0.5, 0.6) is 5.75 Å². The topological polar surface area (TPSA) is 91.7 Å². The van der Waals surface area contributed by atoms with Crippen molar-refractivity contribution < 1.29 is 9.53 Å². The number of thiophene rings is 1. The van der Waals surface area contributed by atoms with Gasteiger partial charge in [0.1, 0.15) is 11.9 Å². The van der Waals surface area contributed by atoms with Crippen molar-refractivity contribution in [2.45, 2.75) is 18.1 Å². The number of benzene rings is 2. The van der Waals surface area contributed by atoms with Crippen LogP contribution in [0, 0.1) is 11.3 Å². The number of rotatable bonds is 2. The number of carbonyl (C=O) groups excluding carboxylic acids is 1. The molecule has 1 amide bonds. The summed E-state index contributed by atoms with van der Waals surface area (Å²) in [6.07, 6.45) is 0.101. The quantitative estimate of drug-likeness (QED) is 0.691. The normalized spacial score (nSPS) is 22.4. The minimum atomic E-state index is -1.12. The molecule has 30 heavy (non-hydrogen) atoms. The van der Waals surface area contributed by atoms with Crippen LogP contribution in [0.4, 0.5) is 0 Å². The molecule has 2 atom stereocenters. The molecule has 0 saturated carbocycles. The Morgan fingerprint density at radius 3 is 2.77 bits per heavy atom. The molecule has 1 aromatic heterocycles. The zero-order valence-electron chi connectivity index (χ0n) is 16.2. The number of hydrogen-bond acceptors (Lipinski definition) is 6. The SMILES string of the molecule is CN1C(=O)[C@@]2(C[C@H](c3cccs3)Oc3ccc(-c4cccc(C#N)c4)cc32)N=C1N. The van der Waals surface area contributed by atoms with Crippen LogP contribution in [0.2, 0.25) is 0 Å². The zero-order chi connectivity index (χ0) is 20.9. The van der Waals surface area contributed by atoms with Gasteiger partial charge >= 0.3 is 0 Å². The van der Waals surface area contributed by atoms with Crippen molar-refractivity contribution >= 4 is 23.2 Å². The van der Waals surface area contributed by atoms with Gasteiger partial charge in [-0.3, -0.25) is 9.69 Å². The van der Waals surface area contributed by atoms with Crippen molar-refractivity contribution in [3.05, 3.63) is 76.0 Å². The van der Waals surface area contributed by atoms with Crippen LogP contribution in [0.1, 0.15) is 28.5 Å². The Morgan fingerprint density at radius 1 is 1.23 bits per heavy atom. The molecule has 148 valence electrons. The maximum absolute atomic E-state index is 13.4. The van der Waals surface area contributed by atoms with E-state index in [4.69, 9.17) is 10.5 Å². The second-order valence-corrected chi connectivity index (χ2v) is 8.40. The first-order valence-corrected chi connectivity index (χ1v) is 10.4. The molecular formula is C23H18N4O2S. The number of nitrogens with zero attached hydrogens (tertiary/aromatic N) is 3. The number of likely N-dealkylation sites (N-methyl/N-ethyl adjacent to an activating group) is 1. The Bertz CT molecular complexity index is 1230. The first kappa shape index (κ1) is 18.4. The van der Waals surface area contributed by atoms with Gasteiger partial charge in [0.25, 0.3) is 5.91 Å². The minimum Gasteiger partial charge on any atom is -0.484 e. The van der Waals surface area contributed by atoms with Crippen LogP contribution < -0.4 is 10.5 Å². The third-order valence-electron chi connectivity index (χ3n) is 5.67. The molecule has 6 nitrogen and oxygen atoms in total. The average molecular weight is 414 g/mol. The molecule has 7 heteroatoms. The first-order chi connectivity index (χ1) is 14.5. The summed E-state index contributed by atoms with van der Waals surface area (Å²) in [7, 11) is 1.64. The predicted octanol–water partition coefficient (Wildman–Crippen LogP) is 3.79. The van der Waals surface area contributed by atoms with Gasteiger partial charge in [-0.05, 0) is 46.8 Å². The maximum atomic E-state index is 13.4. The standard InChI is InChI=1S/C23H18N4O2S/c1-27-21(28)23(26-22(27)25)12-19(20-6-3-9-30-20)29-18-8-7-16(11-17(18)23)15-5-2-4-14(10-15)13-24/h2-11,19H,12H2,1H3,(H2,25,26)/t19-,23+/m1/s1. The van der Waals surface area contributed by atoms with E-state index < -0.39 is 5.54 Å². The second kappa shape index (κ2) is 6.71. The van der Waals surface area contributed by atoms with Gasteiger partial charge in [-0.2, -0.15) is 5.26 Å². The largest absolute Gasteiger partial charge is 0.484 e. The van der Waals surface area contributed by atoms with Crippen molar-refractivity contribution in [3.63, 3.8) is 0 Å². The Morgan fingerprint density at radius 2 is 2.07 bits per heavy atom. The number of hydrogen-bond donors (Lipinski definition) is 1. The highest BCUT2D eigenvalue weighted by molar-refractivity contribution is 7.10. The fourth-order valence-corrected chi connectivity index (χ4v) is 4.87. The number of aliphatic imine (C=N–C) groups is 1. The van der Waals surface area contributed by atoms with Gasteiger partial charge in [0.2, 0.25) is 0 Å². The molecule has 2 aliphatic rings. The Balaban J connectivity index is 1.68. The highest BCUT2D eigenvalue weighted by Crippen LogP contribution is 2.51. The van der Waals surface area contributed by atoms with Crippen molar-refractivity contribution in [2.75, 3.05) is 7.05 Å². The molecule has 1 spiro atoms. The van der Waals surface area contributed by atoms with Gasteiger partial charge in [0.05, 0.1) is 11.6 Å². The van der Waals surface area contributed by atoms with Gasteiger partial charge in [-0.15, -0.1) is 11.3 Å². The van der Waals surface area contributed by atoms with E-state index in [0.717, 1.165) is 16.0 Å². The van der Waals surface area contributed by atoms with Crippen LogP contribution >= 0.6 is 11.3 Å². The lowest BCUT2D eigenvalue weighted by Crippen LogP contribution is -2.43. The van der Waals surface area contributed by atoms with E-state index in [9.17, 15) is 10.1 Å². The molecule has 2 N–H and O–H groups in total. The molecule has 2 aliphatic heterocycles. The average Bonchev–Trinajstić information content (AvgIpc) is 3.38. The highest BCUT2D eigenvalue weighted by Gasteiger charge is 2.53. The van der Waals surface area contributed by atoms with Gasteiger partial charge in [-0.1, -0.05) is 24.3 Å². The first-order valence-electron chi connectivity index (χ1n) is 9.50. The number of carbonyl (C=O) groups is 1. The number of ether oxygens (including phenoxy) is 1. The monoisotopic (exact) mass is 414 g/mol. The summed E-state index contributed by atoms with van der Waals surface area (Å²) in [5, 5.41) is 11.2. The highest BCUT2D eigenvalue weighted by atomic mass is 32.1. The summed E-state index contributed by atoms with van der Waals surface area (Å²) in [5.41, 5.74) is 8.00. The summed E-state index contributed by atoms with van der Waals surface area (Å²) < 4.78 is 6.29. The smallest absolute Gasteiger partial charge is 0.261 e. The molecule has 0 saturated heterocycles. The molecule has 2 aromatic carbocycles. The van der Waals surface area contributed by atoms with E-state index >= 15 is 0 Å². The lowest BCUT2D eigenvalue weighted by molar-refractivity contribution is -0.132. The second-order valence-electron chi connectivity index (χ2n) is 7.42. The number of nitriles is 1. The number of amides is 1. The molecule has 0 fully saturated rings. The van der Waals surface area contributed by atoms with Crippen LogP contribution in [0.15, 0.2) is 65.0 Å². The summed E-state index contributed by atoms with van der Waals surface area (Å²) in [6, 6.07) is 19.3. The lowest BCUT2D eigenvalue weighted by atomic mass is 9.80. The molecule has 0 aliphatic carbocycles. The molecule has 0 bridgehead atoms. The van der Waals surface area contributed by atoms with Crippen LogP contribution in [-0.2, 0) is 10.3 Å². The van der Waals surface area contributed by atoms with Crippen LogP contribution in [0.3, 0.4) is 0 Å².